The van der Waals surface area contributed by atoms with Crippen molar-refractivity contribution in [2.45, 2.75) is 6.92 Å². The van der Waals surface area contributed by atoms with Crippen LogP contribution in [0.2, 0.25) is 0 Å². The molecule has 5 nitrogen and oxygen atoms in total. The van der Waals surface area contributed by atoms with E-state index in [1.54, 1.807) is 0 Å². The monoisotopic (exact) mass is 302 g/mol. The molecule has 0 spiro atoms. The van der Waals surface area contributed by atoms with Crippen molar-refractivity contribution in [3.05, 3.63) is 60.2 Å². The molecule has 0 bridgehead atoms. The number of nitrogens with one attached hydrogen (secondary N) is 1. The normalized spacial score (nSPS) is 11.7. The summed E-state index contributed by atoms with van der Waals surface area (Å²) in [6, 6.07) is 17.4. The molecule has 4 aromatic rings. The molecule has 0 fully saturated rings. The Balaban J connectivity index is 1.78. The predicted molar refractivity (Wildman–Crippen MR) is 90.6 cm³/mol. The Morgan fingerprint density at radius 1 is 0.957 bits per heavy atom. The summed E-state index contributed by atoms with van der Waals surface area (Å²) in [7, 11) is 0. The Morgan fingerprint density at radius 2 is 1.83 bits per heavy atom. The van der Waals surface area contributed by atoms with Gasteiger partial charge in [0, 0.05) is 10.8 Å². The number of hydrogen-bond donors (Lipinski definition) is 2. The fraction of sp³-hybridized carbons (Fsp3) is 0.0556. The molecule has 2 aromatic carbocycles. The molecule has 2 aromatic heterocycles. The largest absolute Gasteiger partial charge is 0.493 e. The van der Waals surface area contributed by atoms with Gasteiger partial charge in [-0.15, -0.1) is 10.2 Å². The summed E-state index contributed by atoms with van der Waals surface area (Å²) in [6.07, 6.45) is 0. The molecule has 0 unspecified atom stereocenters. The number of azo groups is 1. The van der Waals surface area contributed by atoms with E-state index in [4.69, 9.17) is 0 Å². The van der Waals surface area contributed by atoms with E-state index < -0.39 is 0 Å². The fourth-order valence-electron chi connectivity index (χ4n) is 2.65. The van der Waals surface area contributed by atoms with Crippen molar-refractivity contribution in [1.82, 2.24) is 9.97 Å². The highest BCUT2D eigenvalue weighted by Crippen LogP contribution is 2.37. The van der Waals surface area contributed by atoms with Crippen LogP contribution in [0.15, 0.2) is 64.8 Å². The van der Waals surface area contributed by atoms with Crippen molar-refractivity contribution in [2.24, 2.45) is 10.2 Å². The van der Waals surface area contributed by atoms with E-state index in [1.165, 1.54) is 0 Å². The zero-order valence-corrected chi connectivity index (χ0v) is 12.5. The maximum absolute atomic E-state index is 10.1. The lowest BCUT2D eigenvalue weighted by atomic mass is 10.1. The van der Waals surface area contributed by atoms with Gasteiger partial charge in [0.05, 0.1) is 11.0 Å². The summed E-state index contributed by atoms with van der Waals surface area (Å²) in [6.45, 7) is 1.98. The third-order valence-corrected chi connectivity index (χ3v) is 3.83. The van der Waals surface area contributed by atoms with Gasteiger partial charge >= 0.3 is 0 Å². The summed E-state index contributed by atoms with van der Waals surface area (Å²) in [5.41, 5.74) is 3.20. The topological polar surface area (TPSA) is 73.6 Å². The van der Waals surface area contributed by atoms with Crippen LogP contribution < -0.4 is 0 Å². The molecular formula is C18H14N4O. The fourth-order valence-corrected chi connectivity index (χ4v) is 2.65. The molecule has 0 aliphatic heterocycles. The van der Waals surface area contributed by atoms with Gasteiger partial charge in [-0.25, -0.2) is 4.98 Å². The van der Waals surface area contributed by atoms with Crippen LogP contribution in [-0.2, 0) is 0 Å². The first-order chi connectivity index (χ1) is 11.2. The van der Waals surface area contributed by atoms with E-state index in [9.17, 15) is 5.11 Å². The van der Waals surface area contributed by atoms with Gasteiger partial charge in [0.2, 0.25) is 5.88 Å². The first-order valence-electron chi connectivity index (χ1n) is 7.30. The molecule has 0 aliphatic carbocycles. The average molecular weight is 302 g/mol. The molecule has 2 N–H and O–H groups in total. The number of para-hydroxylation sites is 2. The number of aromatic amines is 1. The van der Waals surface area contributed by atoms with Crippen LogP contribution >= 0.6 is 0 Å². The molecule has 0 radical (unpaired) electrons. The van der Waals surface area contributed by atoms with Crippen LogP contribution in [0.1, 0.15) is 5.56 Å². The smallest absolute Gasteiger partial charge is 0.218 e. The van der Waals surface area contributed by atoms with Crippen LogP contribution in [-0.4, -0.2) is 15.1 Å². The highest BCUT2D eigenvalue weighted by atomic mass is 16.3. The number of nitrogens with zero attached hydrogens (tertiary/aromatic N) is 3. The number of fused-ring (bicyclic) bond motifs is 2. The molecular weight excluding hydrogens is 288 g/mol. The lowest BCUT2D eigenvalue weighted by molar-refractivity contribution is 0.459. The van der Waals surface area contributed by atoms with Gasteiger partial charge in [-0.2, -0.15) is 0 Å². The molecule has 0 saturated carbocycles. The number of H-pyrrole nitrogens is 1. The molecule has 2 heterocycles. The second-order valence-corrected chi connectivity index (χ2v) is 5.38. The molecule has 4 rings (SSSR count). The third-order valence-electron chi connectivity index (χ3n) is 3.83. The molecule has 0 saturated heterocycles. The highest BCUT2D eigenvalue weighted by Gasteiger charge is 2.11. The molecule has 5 heteroatoms. The Labute approximate surface area is 132 Å². The first-order valence-corrected chi connectivity index (χ1v) is 7.30. The van der Waals surface area contributed by atoms with E-state index in [0.29, 0.717) is 11.5 Å². The quantitative estimate of drug-likeness (QED) is 0.503. The summed E-state index contributed by atoms with van der Waals surface area (Å²) in [5.74, 6) is 0.518. The van der Waals surface area contributed by atoms with Crippen molar-refractivity contribution < 1.29 is 5.11 Å². The number of hydrogen-bond acceptors (Lipinski definition) is 4. The number of aromatic nitrogens is 2. The molecule has 112 valence electrons. The van der Waals surface area contributed by atoms with Gasteiger partial charge in [-0.3, -0.25) is 0 Å². The molecule has 0 amide bonds. The van der Waals surface area contributed by atoms with E-state index in [-0.39, 0.29) is 5.88 Å². The average Bonchev–Trinajstić information content (AvgIpc) is 2.90. The second kappa shape index (κ2) is 5.21. The van der Waals surface area contributed by atoms with Crippen molar-refractivity contribution in [2.75, 3.05) is 0 Å². The Hall–Kier alpha value is -3.21. The third kappa shape index (κ3) is 2.32. The van der Waals surface area contributed by atoms with Crippen molar-refractivity contribution in [3.63, 3.8) is 0 Å². The second-order valence-electron chi connectivity index (χ2n) is 5.38. The SMILES string of the molecule is Cc1cccc2c(N=Nc3ccc4ccccc4n3)c(O)[nH]c12. The maximum atomic E-state index is 10.1. The van der Waals surface area contributed by atoms with Crippen LogP contribution in [0, 0.1) is 6.92 Å². The van der Waals surface area contributed by atoms with Gasteiger partial charge in [-0.05, 0) is 30.7 Å². The van der Waals surface area contributed by atoms with Crippen molar-refractivity contribution in [1.29, 1.82) is 0 Å². The summed E-state index contributed by atoms with van der Waals surface area (Å²) in [4.78, 5) is 7.39. The maximum Gasteiger partial charge on any atom is 0.218 e. The van der Waals surface area contributed by atoms with Crippen LogP contribution in [0.4, 0.5) is 11.5 Å². The van der Waals surface area contributed by atoms with Gasteiger partial charge < -0.3 is 10.1 Å². The van der Waals surface area contributed by atoms with Gasteiger partial charge in [-0.1, -0.05) is 36.4 Å². The van der Waals surface area contributed by atoms with E-state index in [0.717, 1.165) is 27.4 Å². The number of aryl methyl sites for hydroxylation is 1. The zero-order valence-electron chi connectivity index (χ0n) is 12.5. The molecule has 23 heavy (non-hydrogen) atoms. The van der Waals surface area contributed by atoms with Crippen LogP contribution in [0.5, 0.6) is 5.88 Å². The zero-order chi connectivity index (χ0) is 15.8. The van der Waals surface area contributed by atoms with Crippen LogP contribution in [0.3, 0.4) is 0 Å². The summed E-state index contributed by atoms with van der Waals surface area (Å²) >= 11 is 0. The van der Waals surface area contributed by atoms with Crippen LogP contribution in [0.25, 0.3) is 21.8 Å². The minimum Gasteiger partial charge on any atom is -0.493 e. The minimum absolute atomic E-state index is 0.0128. The van der Waals surface area contributed by atoms with Gasteiger partial charge in [0.1, 0.15) is 0 Å². The van der Waals surface area contributed by atoms with Gasteiger partial charge in [0.25, 0.3) is 0 Å². The van der Waals surface area contributed by atoms with Crippen molar-refractivity contribution >= 4 is 33.3 Å². The number of benzene rings is 2. The minimum atomic E-state index is 0.0128. The van der Waals surface area contributed by atoms with Crippen molar-refractivity contribution in [3.8, 4) is 5.88 Å². The molecule has 0 atom stereocenters. The number of rotatable bonds is 2. The first kappa shape index (κ1) is 13.5. The summed E-state index contributed by atoms with van der Waals surface area (Å²) in [5, 5.41) is 20.3. The Bertz CT molecular complexity index is 1050. The molecule has 0 aliphatic rings. The predicted octanol–water partition coefficient (Wildman–Crippen LogP) is 5.15. The summed E-state index contributed by atoms with van der Waals surface area (Å²) < 4.78 is 0. The van der Waals surface area contributed by atoms with E-state index in [1.807, 2.05) is 61.5 Å². The standard InChI is InChI=1S/C18H14N4O/c1-11-5-4-7-13-16(11)20-18(23)17(13)22-21-15-10-9-12-6-2-3-8-14(12)19-15/h2-10,20,23H,1H3. The van der Waals surface area contributed by atoms with Gasteiger partial charge in [0.15, 0.2) is 11.5 Å². The van der Waals surface area contributed by atoms with E-state index in [2.05, 4.69) is 20.2 Å². The number of pyridine rings is 1. The Kier molecular flexibility index (Phi) is 3.05. The highest BCUT2D eigenvalue weighted by molar-refractivity contribution is 5.95. The van der Waals surface area contributed by atoms with E-state index >= 15 is 0 Å². The lowest BCUT2D eigenvalue weighted by Gasteiger charge is -1.97. The lowest BCUT2D eigenvalue weighted by Crippen LogP contribution is -1.77. The Morgan fingerprint density at radius 3 is 2.74 bits per heavy atom. The number of aromatic hydroxyl groups is 1.